The molecule has 0 unspecified atom stereocenters. The third-order valence-corrected chi connectivity index (χ3v) is 4.60. The minimum Gasteiger partial charge on any atom is -0.378 e. The number of aromatic nitrogens is 2. The predicted octanol–water partition coefficient (Wildman–Crippen LogP) is 3.26. The van der Waals surface area contributed by atoms with Crippen molar-refractivity contribution in [3.05, 3.63) is 42.0 Å². The van der Waals surface area contributed by atoms with Crippen LogP contribution in [0.4, 0.5) is 5.82 Å². The first-order chi connectivity index (χ1) is 12.8. The van der Waals surface area contributed by atoms with Gasteiger partial charge in [0.25, 0.3) is 5.91 Å². The quantitative estimate of drug-likeness (QED) is 0.712. The number of nitrogens with zero attached hydrogens (tertiary/aromatic N) is 2. The van der Waals surface area contributed by atoms with E-state index in [0.29, 0.717) is 24.0 Å². The lowest BCUT2D eigenvalue weighted by Gasteiger charge is -2.09. The van der Waals surface area contributed by atoms with Crippen molar-refractivity contribution in [3.8, 4) is 11.3 Å². The third kappa shape index (κ3) is 5.02. The lowest BCUT2D eigenvalue weighted by molar-refractivity contribution is 0.0947. The fourth-order valence-electron chi connectivity index (χ4n) is 3.11. The molecule has 1 saturated heterocycles. The summed E-state index contributed by atoms with van der Waals surface area (Å²) in [4.78, 5) is 12.4. The Hall–Kier alpha value is -2.47. The number of benzene rings is 1. The van der Waals surface area contributed by atoms with Crippen LogP contribution in [-0.2, 0) is 4.74 Å². The summed E-state index contributed by atoms with van der Waals surface area (Å²) in [6, 6.07) is 11.2. The van der Waals surface area contributed by atoms with Gasteiger partial charge < -0.3 is 15.4 Å². The average Bonchev–Trinajstić information content (AvgIpc) is 3.21. The van der Waals surface area contributed by atoms with E-state index in [1.807, 2.05) is 36.4 Å². The molecule has 6 heteroatoms. The molecule has 3 rings (SSSR count). The highest BCUT2D eigenvalue weighted by Gasteiger charge is 2.14. The predicted molar refractivity (Wildman–Crippen MR) is 102 cm³/mol. The Morgan fingerprint density at radius 3 is 2.88 bits per heavy atom. The van der Waals surface area contributed by atoms with E-state index in [0.717, 1.165) is 37.1 Å². The van der Waals surface area contributed by atoms with Gasteiger partial charge in [0.2, 0.25) is 0 Å². The molecule has 1 fully saturated rings. The molecule has 1 aliphatic rings. The number of carbonyl (C=O) groups excluding carboxylic acids is 1. The molecule has 0 spiro atoms. The summed E-state index contributed by atoms with van der Waals surface area (Å²) in [5, 5.41) is 14.2. The number of anilines is 1. The van der Waals surface area contributed by atoms with Crippen LogP contribution >= 0.6 is 0 Å². The van der Waals surface area contributed by atoms with E-state index in [-0.39, 0.29) is 5.91 Å². The molecule has 138 valence electrons. The molecule has 1 aliphatic heterocycles. The summed E-state index contributed by atoms with van der Waals surface area (Å²) in [5.41, 5.74) is 2.27. The highest BCUT2D eigenvalue weighted by Crippen LogP contribution is 2.19. The molecule has 2 aromatic rings. The fourth-order valence-corrected chi connectivity index (χ4v) is 3.11. The van der Waals surface area contributed by atoms with Gasteiger partial charge in [-0.3, -0.25) is 4.79 Å². The summed E-state index contributed by atoms with van der Waals surface area (Å²) < 4.78 is 5.62. The molecule has 0 bridgehead atoms. The zero-order valence-electron chi connectivity index (χ0n) is 15.2. The standard InChI is InChI=1S/C20H26N4O2/c1-21-19-11-10-18(23-24-19)15-6-4-7-16(14-15)20(25)22-12-3-2-8-17-9-5-13-26-17/h4,6-7,10-11,14,17H,2-3,5,8-9,12-13H2,1H3,(H,21,24)(H,22,25)/t17-/m0/s1. The van der Waals surface area contributed by atoms with Gasteiger partial charge in [0.15, 0.2) is 0 Å². The average molecular weight is 354 g/mol. The molecule has 0 saturated carbocycles. The van der Waals surface area contributed by atoms with E-state index in [2.05, 4.69) is 20.8 Å². The molecule has 1 amide bonds. The van der Waals surface area contributed by atoms with Crippen LogP contribution in [0.1, 0.15) is 42.5 Å². The molecule has 2 N–H and O–H groups in total. The number of rotatable bonds is 8. The Morgan fingerprint density at radius 1 is 1.23 bits per heavy atom. The largest absolute Gasteiger partial charge is 0.378 e. The van der Waals surface area contributed by atoms with Gasteiger partial charge in [0.1, 0.15) is 5.82 Å². The second-order valence-corrected chi connectivity index (χ2v) is 6.52. The molecule has 1 aromatic heterocycles. The van der Waals surface area contributed by atoms with Crippen LogP contribution in [0.2, 0.25) is 0 Å². The summed E-state index contributed by atoms with van der Waals surface area (Å²) in [6.45, 7) is 1.59. The number of amides is 1. The molecule has 6 nitrogen and oxygen atoms in total. The van der Waals surface area contributed by atoms with E-state index >= 15 is 0 Å². The number of nitrogens with one attached hydrogen (secondary N) is 2. The van der Waals surface area contributed by atoms with Crippen molar-refractivity contribution in [2.24, 2.45) is 0 Å². The Balaban J connectivity index is 1.49. The smallest absolute Gasteiger partial charge is 0.251 e. The summed E-state index contributed by atoms with van der Waals surface area (Å²) in [7, 11) is 1.80. The van der Waals surface area contributed by atoms with Gasteiger partial charge in [-0.15, -0.1) is 10.2 Å². The summed E-state index contributed by atoms with van der Waals surface area (Å²) >= 11 is 0. The Kier molecular flexibility index (Phi) is 6.55. The molecule has 1 atom stereocenters. The van der Waals surface area contributed by atoms with E-state index in [9.17, 15) is 4.79 Å². The van der Waals surface area contributed by atoms with E-state index in [1.54, 1.807) is 7.05 Å². The summed E-state index contributed by atoms with van der Waals surface area (Å²) in [5.74, 6) is 0.662. The number of hydrogen-bond donors (Lipinski definition) is 2. The number of unbranched alkanes of at least 4 members (excludes halogenated alkanes) is 1. The number of hydrogen-bond acceptors (Lipinski definition) is 5. The lowest BCUT2D eigenvalue weighted by atomic mass is 10.1. The van der Waals surface area contributed by atoms with Gasteiger partial charge in [-0.1, -0.05) is 12.1 Å². The Labute approximate surface area is 154 Å². The van der Waals surface area contributed by atoms with Crippen molar-refractivity contribution in [1.82, 2.24) is 15.5 Å². The SMILES string of the molecule is CNc1ccc(-c2cccc(C(=O)NCCCC[C@H]3CCCO3)c2)nn1. The Bertz CT molecular complexity index is 712. The molecular weight excluding hydrogens is 328 g/mol. The van der Waals surface area contributed by atoms with Crippen molar-refractivity contribution in [2.75, 3.05) is 25.5 Å². The first-order valence-corrected chi connectivity index (χ1v) is 9.28. The second-order valence-electron chi connectivity index (χ2n) is 6.52. The van der Waals surface area contributed by atoms with Crippen LogP contribution in [0.15, 0.2) is 36.4 Å². The van der Waals surface area contributed by atoms with Crippen molar-refractivity contribution in [2.45, 2.75) is 38.2 Å². The highest BCUT2D eigenvalue weighted by molar-refractivity contribution is 5.95. The van der Waals surface area contributed by atoms with Gasteiger partial charge in [0.05, 0.1) is 11.8 Å². The molecule has 0 aliphatic carbocycles. The zero-order chi connectivity index (χ0) is 18.2. The maximum Gasteiger partial charge on any atom is 0.251 e. The monoisotopic (exact) mass is 354 g/mol. The normalized spacial score (nSPS) is 16.4. The van der Waals surface area contributed by atoms with Crippen LogP contribution in [-0.4, -0.2) is 42.4 Å². The number of ether oxygens (including phenoxy) is 1. The molecule has 2 heterocycles. The minimum atomic E-state index is -0.0521. The first-order valence-electron chi connectivity index (χ1n) is 9.28. The van der Waals surface area contributed by atoms with Crippen LogP contribution in [0.25, 0.3) is 11.3 Å². The molecular formula is C20H26N4O2. The molecule has 1 aromatic carbocycles. The minimum absolute atomic E-state index is 0.0521. The van der Waals surface area contributed by atoms with Crippen molar-refractivity contribution in [1.29, 1.82) is 0 Å². The van der Waals surface area contributed by atoms with Gasteiger partial charge in [0, 0.05) is 31.3 Å². The fraction of sp³-hybridized carbons (Fsp3) is 0.450. The maximum absolute atomic E-state index is 12.4. The van der Waals surface area contributed by atoms with E-state index in [4.69, 9.17) is 4.74 Å². The van der Waals surface area contributed by atoms with Gasteiger partial charge in [-0.05, 0) is 56.4 Å². The van der Waals surface area contributed by atoms with E-state index < -0.39 is 0 Å². The highest BCUT2D eigenvalue weighted by atomic mass is 16.5. The van der Waals surface area contributed by atoms with Crippen molar-refractivity contribution < 1.29 is 9.53 Å². The van der Waals surface area contributed by atoms with Gasteiger partial charge >= 0.3 is 0 Å². The van der Waals surface area contributed by atoms with Crippen molar-refractivity contribution >= 4 is 11.7 Å². The second kappa shape index (κ2) is 9.29. The molecule has 0 radical (unpaired) electrons. The van der Waals surface area contributed by atoms with E-state index in [1.165, 1.54) is 12.8 Å². The maximum atomic E-state index is 12.4. The van der Waals surface area contributed by atoms with Crippen LogP contribution in [0.5, 0.6) is 0 Å². The van der Waals surface area contributed by atoms with Crippen LogP contribution in [0, 0.1) is 0 Å². The summed E-state index contributed by atoms with van der Waals surface area (Å²) in [6.07, 6.45) is 5.93. The van der Waals surface area contributed by atoms with Crippen LogP contribution in [0.3, 0.4) is 0 Å². The topological polar surface area (TPSA) is 76.1 Å². The third-order valence-electron chi connectivity index (χ3n) is 4.60. The van der Waals surface area contributed by atoms with Gasteiger partial charge in [-0.2, -0.15) is 0 Å². The zero-order valence-corrected chi connectivity index (χ0v) is 15.2. The van der Waals surface area contributed by atoms with Gasteiger partial charge in [-0.25, -0.2) is 0 Å². The van der Waals surface area contributed by atoms with Crippen LogP contribution < -0.4 is 10.6 Å². The van der Waals surface area contributed by atoms with Crippen molar-refractivity contribution in [3.63, 3.8) is 0 Å². The number of carbonyl (C=O) groups is 1. The molecule has 26 heavy (non-hydrogen) atoms. The Morgan fingerprint density at radius 2 is 2.15 bits per heavy atom. The first kappa shape index (κ1) is 18.3. The lowest BCUT2D eigenvalue weighted by Crippen LogP contribution is -2.24.